The third-order valence-corrected chi connectivity index (χ3v) is 26.3. The van der Waals surface area contributed by atoms with Gasteiger partial charge < -0.3 is 0 Å². The third-order valence-electron chi connectivity index (χ3n) is 9.83. The zero-order chi connectivity index (χ0) is 32.6. The molecule has 4 aromatic carbocycles. The first kappa shape index (κ1) is 37.1. The summed E-state index contributed by atoms with van der Waals surface area (Å²) in [5, 5.41) is 0. The summed E-state index contributed by atoms with van der Waals surface area (Å²) in [7, 11) is 0. The average molecular weight is 769 g/mol. The Morgan fingerprint density at radius 3 is 1.70 bits per heavy atom. The number of hydrogen-bond donors (Lipinski definition) is 0. The molecule has 1 unspecified atom stereocenters. The zero-order valence-electron chi connectivity index (χ0n) is 26.4. The molecule has 9 heteroatoms. The molecular formula is C38H36Cl2F6Zr. The maximum atomic E-state index is 14.4. The fourth-order valence-electron chi connectivity index (χ4n) is 7.55. The van der Waals surface area contributed by atoms with E-state index in [2.05, 4.69) is 26.8 Å². The predicted molar refractivity (Wildman–Crippen MR) is 183 cm³/mol. The van der Waals surface area contributed by atoms with Gasteiger partial charge in [-0.15, -0.1) is 24.8 Å². The first-order valence-electron chi connectivity index (χ1n) is 15.0. The molecule has 0 saturated heterocycles. The van der Waals surface area contributed by atoms with Crippen LogP contribution in [0.25, 0.3) is 11.1 Å². The van der Waals surface area contributed by atoms with Crippen molar-refractivity contribution in [1.82, 2.24) is 0 Å². The van der Waals surface area contributed by atoms with E-state index in [0.29, 0.717) is 13.0 Å². The van der Waals surface area contributed by atoms with Crippen LogP contribution in [0.1, 0.15) is 49.9 Å². The molecule has 0 fully saturated rings. The molecule has 0 bridgehead atoms. The van der Waals surface area contributed by atoms with Crippen LogP contribution in [0.15, 0.2) is 112 Å². The molecule has 2 aliphatic carbocycles. The first-order valence-corrected chi connectivity index (χ1v) is 21.6. The fraction of sp³-hybridized carbons (Fsp3) is 0.237. The summed E-state index contributed by atoms with van der Waals surface area (Å²) >= 11 is -5.98. The summed E-state index contributed by atoms with van der Waals surface area (Å²) in [5.74, 6) is -0.272. The zero-order valence-corrected chi connectivity index (χ0v) is 30.5. The Balaban J connectivity index is 0.00000250. The van der Waals surface area contributed by atoms with Crippen LogP contribution in [0.3, 0.4) is 0 Å². The normalized spacial score (nSPS) is 16.4. The summed E-state index contributed by atoms with van der Waals surface area (Å²) in [5.41, 5.74) is 2.95. The second kappa shape index (κ2) is 12.3. The molecule has 0 aliphatic heterocycles. The molecule has 0 saturated carbocycles. The van der Waals surface area contributed by atoms with Gasteiger partial charge in [0.15, 0.2) is 0 Å². The Kier molecular flexibility index (Phi) is 9.71. The molecule has 1 atom stereocenters. The van der Waals surface area contributed by atoms with E-state index in [1.165, 1.54) is 12.1 Å². The summed E-state index contributed by atoms with van der Waals surface area (Å²) in [4.78, 5) is 0. The van der Waals surface area contributed by atoms with Crippen LogP contribution < -0.4 is 9.81 Å². The van der Waals surface area contributed by atoms with Crippen molar-refractivity contribution in [2.24, 2.45) is 11.3 Å². The molecule has 0 spiro atoms. The number of benzene rings is 4. The van der Waals surface area contributed by atoms with Gasteiger partial charge in [-0.05, 0) is 0 Å². The molecule has 0 nitrogen and oxygen atoms in total. The summed E-state index contributed by atoms with van der Waals surface area (Å²) in [6, 6.07) is 24.2. The van der Waals surface area contributed by atoms with Gasteiger partial charge in [0.05, 0.1) is 0 Å². The Hall–Kier alpha value is -2.73. The van der Waals surface area contributed by atoms with Crippen molar-refractivity contribution in [3.8, 4) is 11.1 Å². The summed E-state index contributed by atoms with van der Waals surface area (Å²) < 4.78 is 93.9. The van der Waals surface area contributed by atoms with Gasteiger partial charge in [0.1, 0.15) is 0 Å². The van der Waals surface area contributed by atoms with E-state index in [0.717, 1.165) is 58.6 Å². The third kappa shape index (κ3) is 5.85. The molecule has 0 heterocycles. The van der Waals surface area contributed by atoms with Crippen LogP contribution in [-0.2, 0) is 37.1 Å². The van der Waals surface area contributed by atoms with E-state index in [-0.39, 0.29) is 36.1 Å². The molecule has 2 aliphatic rings. The SMILES string of the molecule is Cl.Cl.[CH2]=[Zr]([C]1=CC(C(C)(C)C)=CC1C)([c]1cccc(C(F)(F)F)c1)([c]1cccc(C(F)(F)F)c1)[c]1cccc2c1Cc1ccccc1-2. The Morgan fingerprint density at radius 1 is 0.681 bits per heavy atom. The topological polar surface area (TPSA) is 0 Å². The van der Waals surface area contributed by atoms with E-state index in [1.54, 1.807) is 12.1 Å². The van der Waals surface area contributed by atoms with Crippen molar-refractivity contribution < 1.29 is 44.6 Å². The first-order chi connectivity index (χ1) is 20.9. The molecule has 0 aromatic heterocycles. The van der Waals surface area contributed by atoms with E-state index >= 15 is 0 Å². The molecule has 4 aromatic rings. The summed E-state index contributed by atoms with van der Waals surface area (Å²) in [6.45, 7) is 8.16. The van der Waals surface area contributed by atoms with Crippen molar-refractivity contribution in [3.63, 3.8) is 0 Å². The van der Waals surface area contributed by atoms with Crippen LogP contribution in [-0.4, -0.2) is 4.21 Å². The maximum absolute atomic E-state index is 14.4. The monoisotopic (exact) mass is 766 g/mol. The van der Waals surface area contributed by atoms with Gasteiger partial charge in [-0.3, -0.25) is 0 Å². The molecule has 6 rings (SSSR count). The molecule has 0 amide bonds. The number of alkyl halides is 6. The van der Waals surface area contributed by atoms with Crippen molar-refractivity contribution in [3.05, 3.63) is 134 Å². The van der Waals surface area contributed by atoms with Gasteiger partial charge in [-0.25, -0.2) is 0 Å². The number of halogens is 8. The van der Waals surface area contributed by atoms with Crippen LogP contribution in [0.4, 0.5) is 26.3 Å². The predicted octanol–water partition coefficient (Wildman–Crippen LogP) is 10.0. The Morgan fingerprint density at radius 2 is 1.19 bits per heavy atom. The summed E-state index contributed by atoms with van der Waals surface area (Å²) in [6.07, 6.45) is -4.65. The number of rotatable bonds is 4. The standard InChI is InChI=1S/C13H9.C10H15.2C7H4F3.CH2.2ClH.Zr/c1-3-7-12-10(5-1)9-11-6-2-4-8-13(11)12;1-8-5-6-9(7-8)10(2,3)4;2*8-7(9,10)6-4-2-1-3-5-6;;;;/h1-5,7-8H,9H2;6-8H,1-4H3;2*1-2,4-5H;1H2;2*1H;. The van der Waals surface area contributed by atoms with E-state index in [4.69, 9.17) is 4.21 Å². The quantitative estimate of drug-likeness (QED) is 0.160. The van der Waals surface area contributed by atoms with Crippen LogP contribution >= 0.6 is 24.8 Å². The van der Waals surface area contributed by atoms with E-state index < -0.39 is 41.8 Å². The van der Waals surface area contributed by atoms with Gasteiger partial charge in [0, 0.05) is 0 Å². The number of fused-ring (bicyclic) bond motifs is 3. The van der Waals surface area contributed by atoms with Gasteiger partial charge in [-0.1, -0.05) is 0 Å². The Labute approximate surface area is 285 Å². The van der Waals surface area contributed by atoms with Gasteiger partial charge >= 0.3 is 262 Å². The van der Waals surface area contributed by atoms with Crippen molar-refractivity contribution in [2.75, 3.05) is 0 Å². The van der Waals surface area contributed by atoms with Crippen molar-refractivity contribution >= 4 is 38.8 Å². The second-order valence-electron chi connectivity index (χ2n) is 13.5. The van der Waals surface area contributed by atoms with Crippen LogP contribution in [0.5, 0.6) is 0 Å². The molecule has 0 radical (unpaired) electrons. The number of allylic oxidation sites excluding steroid dienone is 4. The molecule has 248 valence electrons. The molecular weight excluding hydrogens is 733 g/mol. The van der Waals surface area contributed by atoms with Crippen LogP contribution in [0, 0.1) is 11.3 Å². The molecule has 47 heavy (non-hydrogen) atoms. The minimum absolute atomic E-state index is 0. The number of hydrogen-bond acceptors (Lipinski definition) is 0. The fourth-order valence-corrected chi connectivity index (χ4v) is 24.1. The van der Waals surface area contributed by atoms with Gasteiger partial charge in [0.25, 0.3) is 0 Å². The van der Waals surface area contributed by atoms with Crippen molar-refractivity contribution in [2.45, 2.75) is 46.5 Å². The van der Waals surface area contributed by atoms with E-state index in [9.17, 15) is 26.3 Å². The Bertz CT molecular complexity index is 1910. The average Bonchev–Trinajstić information content (AvgIpc) is 3.57. The van der Waals surface area contributed by atoms with E-state index in [1.807, 2.05) is 55.5 Å². The van der Waals surface area contributed by atoms with Gasteiger partial charge in [0.2, 0.25) is 0 Å². The minimum atomic E-state index is -5.98. The van der Waals surface area contributed by atoms with Crippen molar-refractivity contribution in [1.29, 1.82) is 0 Å². The van der Waals surface area contributed by atoms with Crippen LogP contribution in [0.2, 0.25) is 0 Å². The second-order valence-corrected chi connectivity index (χ2v) is 26.3. The van der Waals surface area contributed by atoms with Gasteiger partial charge in [-0.2, -0.15) is 0 Å². The molecule has 0 N–H and O–H groups in total.